The van der Waals surface area contributed by atoms with Crippen LogP contribution < -0.4 is 5.56 Å². The molecular weight excluding hydrogens is 328 g/mol. The highest BCUT2D eigenvalue weighted by molar-refractivity contribution is 7.11. The SMILES string of the molecule is Cc1nc([C@H]2CN(C(=O)Cc3sc(C)nc3C)CCO2)cc(=O)[nH]1. The molecule has 1 fully saturated rings. The van der Waals surface area contributed by atoms with Gasteiger partial charge in [0.2, 0.25) is 5.91 Å². The van der Waals surface area contributed by atoms with E-state index in [1.807, 2.05) is 13.8 Å². The standard InChI is InChI=1S/C16H20N4O3S/c1-9-14(24-11(3)17-9)7-16(22)20-4-5-23-13(8-20)12-6-15(21)19-10(2)18-12/h6,13H,4-5,7-8H2,1-3H3,(H,18,19,21)/t13-/m1/s1. The summed E-state index contributed by atoms with van der Waals surface area (Å²) in [6, 6.07) is 1.43. The van der Waals surface area contributed by atoms with Gasteiger partial charge in [0.1, 0.15) is 11.9 Å². The molecule has 3 heterocycles. The highest BCUT2D eigenvalue weighted by atomic mass is 32.1. The molecule has 0 unspecified atom stereocenters. The molecule has 1 N–H and O–H groups in total. The van der Waals surface area contributed by atoms with Crippen molar-refractivity contribution >= 4 is 17.2 Å². The Balaban J connectivity index is 1.72. The van der Waals surface area contributed by atoms with Gasteiger partial charge in [-0.2, -0.15) is 0 Å². The van der Waals surface area contributed by atoms with Gasteiger partial charge in [-0.05, 0) is 20.8 Å². The Bertz CT molecular complexity index is 814. The summed E-state index contributed by atoms with van der Waals surface area (Å²) in [5.74, 6) is 0.594. The van der Waals surface area contributed by atoms with E-state index in [1.165, 1.54) is 6.07 Å². The van der Waals surface area contributed by atoms with E-state index in [9.17, 15) is 9.59 Å². The first kappa shape index (κ1) is 16.8. The van der Waals surface area contributed by atoms with Gasteiger partial charge < -0.3 is 14.6 Å². The molecule has 0 aliphatic carbocycles. The van der Waals surface area contributed by atoms with Crippen molar-refractivity contribution in [3.05, 3.63) is 43.5 Å². The number of nitrogens with one attached hydrogen (secondary N) is 1. The number of carbonyl (C=O) groups is 1. The summed E-state index contributed by atoms with van der Waals surface area (Å²) in [6.45, 7) is 6.99. The highest BCUT2D eigenvalue weighted by Crippen LogP contribution is 2.22. The van der Waals surface area contributed by atoms with Gasteiger partial charge in [-0.25, -0.2) is 9.97 Å². The minimum absolute atomic E-state index is 0.0524. The summed E-state index contributed by atoms with van der Waals surface area (Å²) in [5.41, 5.74) is 1.28. The fourth-order valence-corrected chi connectivity index (χ4v) is 3.74. The Labute approximate surface area is 143 Å². The second-order valence-electron chi connectivity index (χ2n) is 5.87. The van der Waals surface area contributed by atoms with Crippen LogP contribution in [0.4, 0.5) is 0 Å². The Morgan fingerprint density at radius 1 is 1.42 bits per heavy atom. The number of hydrogen-bond acceptors (Lipinski definition) is 6. The van der Waals surface area contributed by atoms with Crippen molar-refractivity contribution in [2.75, 3.05) is 19.7 Å². The van der Waals surface area contributed by atoms with Gasteiger partial charge in [0.05, 0.1) is 36.0 Å². The monoisotopic (exact) mass is 348 g/mol. The first-order valence-electron chi connectivity index (χ1n) is 7.82. The number of ether oxygens (including phenoxy) is 1. The van der Waals surface area contributed by atoms with Gasteiger partial charge in [-0.15, -0.1) is 11.3 Å². The van der Waals surface area contributed by atoms with Crippen molar-refractivity contribution in [3.8, 4) is 0 Å². The number of carbonyl (C=O) groups excluding carboxylic acids is 1. The van der Waals surface area contributed by atoms with Crippen LogP contribution in [0.25, 0.3) is 0 Å². The molecule has 1 aliphatic heterocycles. The smallest absolute Gasteiger partial charge is 0.251 e. The largest absolute Gasteiger partial charge is 0.368 e. The van der Waals surface area contributed by atoms with Crippen molar-refractivity contribution < 1.29 is 9.53 Å². The third-order valence-corrected chi connectivity index (χ3v) is 5.01. The number of aryl methyl sites for hydroxylation is 3. The Morgan fingerprint density at radius 3 is 2.88 bits per heavy atom. The van der Waals surface area contributed by atoms with E-state index < -0.39 is 0 Å². The molecule has 0 bridgehead atoms. The van der Waals surface area contributed by atoms with E-state index in [1.54, 1.807) is 23.2 Å². The lowest BCUT2D eigenvalue weighted by Crippen LogP contribution is -2.43. The average molecular weight is 348 g/mol. The summed E-state index contributed by atoms with van der Waals surface area (Å²) in [4.78, 5) is 38.3. The van der Waals surface area contributed by atoms with E-state index in [2.05, 4.69) is 15.0 Å². The van der Waals surface area contributed by atoms with Crippen LogP contribution in [0.2, 0.25) is 0 Å². The minimum atomic E-state index is -0.368. The molecule has 0 spiro atoms. The molecule has 1 aliphatic rings. The summed E-state index contributed by atoms with van der Waals surface area (Å²) in [5, 5.41) is 0.971. The predicted octanol–water partition coefficient (Wildman–Crippen LogP) is 1.29. The van der Waals surface area contributed by atoms with Gasteiger partial charge in [-0.1, -0.05) is 0 Å². The average Bonchev–Trinajstić information content (AvgIpc) is 2.84. The van der Waals surface area contributed by atoms with E-state index >= 15 is 0 Å². The number of morpholine rings is 1. The van der Waals surface area contributed by atoms with Gasteiger partial charge in [0.25, 0.3) is 5.56 Å². The maximum atomic E-state index is 12.6. The van der Waals surface area contributed by atoms with Crippen LogP contribution in [0.15, 0.2) is 10.9 Å². The predicted molar refractivity (Wildman–Crippen MR) is 90.2 cm³/mol. The minimum Gasteiger partial charge on any atom is -0.368 e. The summed E-state index contributed by atoms with van der Waals surface area (Å²) in [6.07, 6.45) is -0.0145. The fourth-order valence-electron chi connectivity index (χ4n) is 2.81. The number of nitrogens with zero attached hydrogens (tertiary/aromatic N) is 3. The molecule has 0 saturated carbocycles. The van der Waals surface area contributed by atoms with Crippen LogP contribution in [-0.4, -0.2) is 45.5 Å². The third kappa shape index (κ3) is 3.70. The summed E-state index contributed by atoms with van der Waals surface area (Å²) in [7, 11) is 0. The van der Waals surface area contributed by atoms with Crippen LogP contribution in [-0.2, 0) is 16.0 Å². The summed E-state index contributed by atoms with van der Waals surface area (Å²) >= 11 is 1.56. The second kappa shape index (κ2) is 6.82. The maximum absolute atomic E-state index is 12.6. The zero-order chi connectivity index (χ0) is 17.3. The maximum Gasteiger partial charge on any atom is 0.251 e. The molecule has 24 heavy (non-hydrogen) atoms. The summed E-state index contributed by atoms with van der Waals surface area (Å²) < 4.78 is 5.71. The highest BCUT2D eigenvalue weighted by Gasteiger charge is 2.27. The lowest BCUT2D eigenvalue weighted by molar-refractivity contribution is -0.138. The molecule has 7 nitrogen and oxygen atoms in total. The van der Waals surface area contributed by atoms with E-state index in [0.717, 1.165) is 15.6 Å². The second-order valence-corrected chi connectivity index (χ2v) is 7.16. The Morgan fingerprint density at radius 2 is 2.21 bits per heavy atom. The molecule has 3 rings (SSSR count). The number of aromatic nitrogens is 3. The Kier molecular flexibility index (Phi) is 4.77. The normalized spacial score (nSPS) is 18.0. The van der Waals surface area contributed by atoms with Crippen LogP contribution >= 0.6 is 11.3 Å². The van der Waals surface area contributed by atoms with Crippen molar-refractivity contribution in [2.45, 2.75) is 33.3 Å². The molecule has 0 aromatic carbocycles. The molecule has 128 valence electrons. The molecule has 0 radical (unpaired) electrons. The molecule has 8 heteroatoms. The molecular formula is C16H20N4O3S. The first-order valence-corrected chi connectivity index (χ1v) is 8.64. The number of hydrogen-bond donors (Lipinski definition) is 1. The molecule has 1 saturated heterocycles. The number of H-pyrrole nitrogens is 1. The van der Waals surface area contributed by atoms with E-state index in [0.29, 0.717) is 37.6 Å². The fraction of sp³-hybridized carbons (Fsp3) is 0.500. The van der Waals surface area contributed by atoms with E-state index in [-0.39, 0.29) is 17.6 Å². The molecule has 1 amide bonds. The number of thiazole rings is 1. The van der Waals surface area contributed by atoms with Crippen LogP contribution in [0.3, 0.4) is 0 Å². The lowest BCUT2D eigenvalue weighted by Gasteiger charge is -2.32. The number of rotatable bonds is 3. The zero-order valence-corrected chi connectivity index (χ0v) is 14.8. The van der Waals surface area contributed by atoms with E-state index in [4.69, 9.17) is 4.74 Å². The van der Waals surface area contributed by atoms with Crippen LogP contribution in [0.5, 0.6) is 0 Å². The third-order valence-electron chi connectivity index (χ3n) is 3.94. The van der Waals surface area contributed by atoms with Gasteiger partial charge in [-0.3, -0.25) is 9.59 Å². The Hall–Kier alpha value is -2.06. The van der Waals surface area contributed by atoms with Gasteiger partial charge in [0, 0.05) is 17.5 Å². The van der Waals surface area contributed by atoms with Crippen molar-refractivity contribution in [3.63, 3.8) is 0 Å². The van der Waals surface area contributed by atoms with Crippen LogP contribution in [0, 0.1) is 20.8 Å². The quantitative estimate of drug-likeness (QED) is 0.903. The first-order chi connectivity index (χ1) is 11.4. The lowest BCUT2D eigenvalue weighted by atomic mass is 10.1. The van der Waals surface area contributed by atoms with Crippen molar-refractivity contribution in [1.82, 2.24) is 19.9 Å². The molecule has 2 aromatic heterocycles. The van der Waals surface area contributed by atoms with Crippen molar-refractivity contribution in [1.29, 1.82) is 0 Å². The van der Waals surface area contributed by atoms with Crippen molar-refractivity contribution in [2.24, 2.45) is 0 Å². The number of amides is 1. The van der Waals surface area contributed by atoms with Crippen LogP contribution in [0.1, 0.15) is 33.2 Å². The van der Waals surface area contributed by atoms with Gasteiger partial charge in [0.15, 0.2) is 0 Å². The molecule has 1 atom stereocenters. The molecule has 2 aromatic rings. The van der Waals surface area contributed by atoms with Gasteiger partial charge >= 0.3 is 0 Å². The zero-order valence-electron chi connectivity index (χ0n) is 14.0. The number of aromatic amines is 1. The topological polar surface area (TPSA) is 88.2 Å².